The maximum atomic E-state index is 12.8. The molecule has 0 amide bonds. The molecule has 3 aromatic rings. The van der Waals surface area contributed by atoms with Crippen LogP contribution in [0.15, 0.2) is 54.9 Å². The standard InChI is InChI=1S/C22H19ClF2N2O2/c23-18-3-1-2-17(10-18)19-9-16(12-27-21(19)29-22(24)25)8-15-6-7-20(26-11-15)28-13-14-4-5-14/h1-3,6-7,9-12,14,22H,4-5,8,13H2. The molecule has 0 radical (unpaired) electrons. The van der Waals surface area contributed by atoms with E-state index in [9.17, 15) is 8.78 Å². The zero-order valence-corrected chi connectivity index (χ0v) is 16.3. The zero-order chi connectivity index (χ0) is 20.2. The van der Waals surface area contributed by atoms with Crippen molar-refractivity contribution in [1.29, 1.82) is 0 Å². The van der Waals surface area contributed by atoms with Gasteiger partial charge in [0.2, 0.25) is 11.8 Å². The van der Waals surface area contributed by atoms with Gasteiger partial charge in [0.25, 0.3) is 0 Å². The molecule has 29 heavy (non-hydrogen) atoms. The first-order valence-electron chi connectivity index (χ1n) is 9.34. The minimum absolute atomic E-state index is 0.132. The lowest BCUT2D eigenvalue weighted by Gasteiger charge is -2.12. The van der Waals surface area contributed by atoms with E-state index < -0.39 is 6.61 Å². The second-order valence-electron chi connectivity index (χ2n) is 7.02. The molecule has 1 aliphatic carbocycles. The zero-order valence-electron chi connectivity index (χ0n) is 15.5. The Balaban J connectivity index is 1.54. The molecule has 1 aliphatic rings. The van der Waals surface area contributed by atoms with E-state index in [-0.39, 0.29) is 5.88 Å². The minimum atomic E-state index is -2.96. The van der Waals surface area contributed by atoms with E-state index in [2.05, 4.69) is 14.7 Å². The number of benzene rings is 1. The number of pyridine rings is 2. The smallest absolute Gasteiger partial charge is 0.388 e. The summed E-state index contributed by atoms with van der Waals surface area (Å²) in [5.74, 6) is 1.15. The first-order chi connectivity index (χ1) is 14.1. The van der Waals surface area contributed by atoms with Gasteiger partial charge in [-0.05, 0) is 53.6 Å². The van der Waals surface area contributed by atoms with Crippen molar-refractivity contribution in [3.8, 4) is 22.9 Å². The highest BCUT2D eigenvalue weighted by Crippen LogP contribution is 2.32. The van der Waals surface area contributed by atoms with E-state index in [1.807, 2.05) is 12.1 Å². The molecule has 1 saturated carbocycles. The van der Waals surface area contributed by atoms with Crippen LogP contribution in [0.4, 0.5) is 8.78 Å². The topological polar surface area (TPSA) is 44.2 Å². The van der Waals surface area contributed by atoms with Gasteiger partial charge in [0.15, 0.2) is 0 Å². The summed E-state index contributed by atoms with van der Waals surface area (Å²) in [6, 6.07) is 12.5. The van der Waals surface area contributed by atoms with Gasteiger partial charge in [0.05, 0.1) is 6.61 Å². The number of hydrogen-bond acceptors (Lipinski definition) is 4. The Hall–Kier alpha value is -2.73. The normalized spacial score (nSPS) is 13.5. The van der Waals surface area contributed by atoms with Gasteiger partial charge in [0, 0.05) is 35.5 Å². The minimum Gasteiger partial charge on any atom is -0.477 e. The summed E-state index contributed by atoms with van der Waals surface area (Å²) >= 11 is 6.06. The Kier molecular flexibility index (Phi) is 5.90. The predicted molar refractivity (Wildman–Crippen MR) is 107 cm³/mol. The molecule has 4 nitrogen and oxygen atoms in total. The average molecular weight is 417 g/mol. The molecule has 2 heterocycles. The van der Waals surface area contributed by atoms with Crippen LogP contribution in [0.25, 0.3) is 11.1 Å². The molecule has 0 bridgehead atoms. The van der Waals surface area contributed by atoms with Crippen LogP contribution in [0.5, 0.6) is 11.8 Å². The maximum Gasteiger partial charge on any atom is 0.388 e. The van der Waals surface area contributed by atoms with Crippen LogP contribution in [0.2, 0.25) is 5.02 Å². The fraction of sp³-hybridized carbons (Fsp3) is 0.273. The molecule has 4 rings (SSSR count). The second kappa shape index (κ2) is 8.74. The molecule has 0 saturated heterocycles. The van der Waals surface area contributed by atoms with Crippen LogP contribution in [0, 0.1) is 5.92 Å². The number of halogens is 3. The molecule has 0 spiro atoms. The summed E-state index contributed by atoms with van der Waals surface area (Å²) in [7, 11) is 0. The first kappa shape index (κ1) is 19.6. The summed E-state index contributed by atoms with van der Waals surface area (Å²) in [4.78, 5) is 8.44. The highest BCUT2D eigenvalue weighted by Gasteiger charge is 2.22. The summed E-state index contributed by atoms with van der Waals surface area (Å²) in [6.07, 6.45) is 6.29. The van der Waals surface area contributed by atoms with Gasteiger partial charge in [-0.25, -0.2) is 9.97 Å². The summed E-state index contributed by atoms with van der Waals surface area (Å²) < 4.78 is 35.8. The number of alkyl halides is 2. The number of aromatic nitrogens is 2. The molecule has 0 unspecified atom stereocenters. The Labute approximate surface area is 172 Å². The first-order valence-corrected chi connectivity index (χ1v) is 9.72. The van der Waals surface area contributed by atoms with Crippen molar-refractivity contribution in [2.24, 2.45) is 5.92 Å². The van der Waals surface area contributed by atoms with Gasteiger partial charge >= 0.3 is 6.61 Å². The predicted octanol–water partition coefficient (Wildman–Crippen LogP) is 5.78. The van der Waals surface area contributed by atoms with E-state index in [1.54, 1.807) is 36.5 Å². The summed E-state index contributed by atoms with van der Waals surface area (Å²) in [6.45, 7) is -2.25. The molecular formula is C22H19ClF2N2O2. The second-order valence-corrected chi connectivity index (χ2v) is 7.46. The number of ether oxygens (including phenoxy) is 2. The molecule has 0 atom stereocenters. The third-order valence-electron chi connectivity index (χ3n) is 4.61. The molecule has 0 N–H and O–H groups in total. The van der Waals surface area contributed by atoms with Gasteiger partial charge < -0.3 is 9.47 Å². The Morgan fingerprint density at radius 3 is 2.55 bits per heavy atom. The molecule has 1 fully saturated rings. The molecule has 7 heteroatoms. The third kappa shape index (κ3) is 5.41. The lowest BCUT2D eigenvalue weighted by molar-refractivity contribution is -0.0524. The van der Waals surface area contributed by atoms with Crippen molar-refractivity contribution in [2.45, 2.75) is 25.9 Å². The largest absolute Gasteiger partial charge is 0.477 e. The van der Waals surface area contributed by atoms with Crippen molar-refractivity contribution < 1.29 is 18.3 Å². The fourth-order valence-electron chi connectivity index (χ4n) is 2.96. The van der Waals surface area contributed by atoms with Crippen LogP contribution >= 0.6 is 11.6 Å². The molecule has 0 aliphatic heterocycles. The van der Waals surface area contributed by atoms with E-state index in [0.29, 0.717) is 41.0 Å². The van der Waals surface area contributed by atoms with Crippen LogP contribution in [0.3, 0.4) is 0 Å². The average Bonchev–Trinajstić information content (AvgIpc) is 3.53. The monoisotopic (exact) mass is 416 g/mol. The van der Waals surface area contributed by atoms with E-state index >= 15 is 0 Å². The molecule has 2 aromatic heterocycles. The van der Waals surface area contributed by atoms with Gasteiger partial charge in [-0.2, -0.15) is 8.78 Å². The van der Waals surface area contributed by atoms with Crippen molar-refractivity contribution >= 4 is 11.6 Å². The van der Waals surface area contributed by atoms with Gasteiger partial charge in [-0.3, -0.25) is 0 Å². The van der Waals surface area contributed by atoms with Crippen molar-refractivity contribution in [1.82, 2.24) is 9.97 Å². The maximum absolute atomic E-state index is 12.8. The Morgan fingerprint density at radius 2 is 1.86 bits per heavy atom. The molecule has 150 valence electrons. The third-order valence-corrected chi connectivity index (χ3v) is 4.85. The highest BCUT2D eigenvalue weighted by molar-refractivity contribution is 6.30. The Bertz CT molecular complexity index is 979. The number of nitrogens with zero attached hydrogens (tertiary/aromatic N) is 2. The number of hydrogen-bond donors (Lipinski definition) is 0. The number of rotatable bonds is 8. The van der Waals surface area contributed by atoms with Crippen LogP contribution < -0.4 is 9.47 Å². The van der Waals surface area contributed by atoms with E-state index in [0.717, 1.165) is 11.1 Å². The van der Waals surface area contributed by atoms with Gasteiger partial charge in [-0.1, -0.05) is 29.8 Å². The highest BCUT2D eigenvalue weighted by atomic mass is 35.5. The lowest BCUT2D eigenvalue weighted by Crippen LogP contribution is -2.06. The SMILES string of the molecule is FC(F)Oc1ncc(Cc2ccc(OCC3CC3)nc2)cc1-c1cccc(Cl)c1. The van der Waals surface area contributed by atoms with E-state index in [4.69, 9.17) is 16.3 Å². The van der Waals surface area contributed by atoms with Crippen molar-refractivity contribution in [3.05, 3.63) is 71.0 Å². The van der Waals surface area contributed by atoms with Crippen molar-refractivity contribution in [3.63, 3.8) is 0 Å². The summed E-state index contributed by atoms with van der Waals surface area (Å²) in [5, 5.41) is 0.502. The van der Waals surface area contributed by atoms with Crippen molar-refractivity contribution in [2.75, 3.05) is 6.61 Å². The van der Waals surface area contributed by atoms with Crippen LogP contribution in [0.1, 0.15) is 24.0 Å². The molecular weight excluding hydrogens is 398 g/mol. The molecule has 1 aromatic carbocycles. The Morgan fingerprint density at radius 1 is 1.03 bits per heavy atom. The van der Waals surface area contributed by atoms with Gasteiger partial charge in [0.1, 0.15) is 0 Å². The van der Waals surface area contributed by atoms with Crippen LogP contribution in [-0.4, -0.2) is 23.2 Å². The van der Waals surface area contributed by atoms with Crippen LogP contribution in [-0.2, 0) is 6.42 Å². The van der Waals surface area contributed by atoms with E-state index in [1.165, 1.54) is 19.0 Å². The quantitative estimate of drug-likeness (QED) is 0.467. The lowest BCUT2D eigenvalue weighted by atomic mass is 10.0. The fourth-order valence-corrected chi connectivity index (χ4v) is 3.15. The summed E-state index contributed by atoms with van der Waals surface area (Å²) in [5.41, 5.74) is 2.92. The van der Waals surface area contributed by atoms with Gasteiger partial charge in [-0.15, -0.1) is 0 Å².